The summed E-state index contributed by atoms with van der Waals surface area (Å²) >= 11 is 0. The lowest BCUT2D eigenvalue weighted by molar-refractivity contribution is 0.0920. The second-order valence-electron chi connectivity index (χ2n) is 5.24. The largest absolute Gasteiger partial charge is 0.491 e. The number of aliphatic hydroxyl groups is 1. The lowest BCUT2D eigenvalue weighted by atomic mass is 9.85. The molecule has 0 aromatic heterocycles. The molecule has 82 valence electrons. The van der Waals surface area contributed by atoms with Gasteiger partial charge in [-0.3, -0.25) is 0 Å². The highest BCUT2D eigenvalue weighted by atomic mass is 16.5. The minimum atomic E-state index is -0.354. The quantitative estimate of drug-likeness (QED) is 0.705. The molecule has 0 spiro atoms. The Morgan fingerprint density at radius 3 is 2.73 bits per heavy atom. The van der Waals surface area contributed by atoms with Crippen molar-refractivity contribution in [3.63, 3.8) is 0 Å². The number of benzene rings is 1. The predicted octanol–water partition coefficient (Wildman–Crippen LogP) is 2.28. The lowest BCUT2D eigenvalue weighted by Crippen LogP contribution is -2.26. The van der Waals surface area contributed by atoms with Gasteiger partial charge in [-0.05, 0) is 22.6 Å². The Morgan fingerprint density at radius 1 is 1.33 bits per heavy atom. The third-order valence-electron chi connectivity index (χ3n) is 2.81. The molecule has 1 atom stereocenters. The van der Waals surface area contributed by atoms with E-state index in [1.165, 1.54) is 5.56 Å². The van der Waals surface area contributed by atoms with Crippen molar-refractivity contribution in [3.05, 3.63) is 29.3 Å². The SMILES string of the molecule is CC(C)(C)c1ccc2c(c1)CC(O)CO2. The van der Waals surface area contributed by atoms with Gasteiger partial charge in [0, 0.05) is 6.42 Å². The van der Waals surface area contributed by atoms with Crippen LogP contribution in [0.5, 0.6) is 5.75 Å². The predicted molar refractivity (Wildman–Crippen MR) is 60.3 cm³/mol. The lowest BCUT2D eigenvalue weighted by Gasteiger charge is -2.25. The minimum Gasteiger partial charge on any atom is -0.491 e. The molecule has 2 rings (SSSR count). The van der Waals surface area contributed by atoms with Gasteiger partial charge in [0.05, 0.1) is 6.10 Å². The molecule has 1 unspecified atom stereocenters. The molecular weight excluding hydrogens is 188 g/mol. The van der Waals surface area contributed by atoms with E-state index in [-0.39, 0.29) is 11.5 Å². The summed E-state index contributed by atoms with van der Waals surface area (Å²) in [5.74, 6) is 0.924. The van der Waals surface area contributed by atoms with E-state index in [1.54, 1.807) is 0 Å². The number of rotatable bonds is 0. The fourth-order valence-electron chi connectivity index (χ4n) is 1.85. The van der Waals surface area contributed by atoms with Gasteiger partial charge < -0.3 is 9.84 Å². The van der Waals surface area contributed by atoms with Gasteiger partial charge in [-0.1, -0.05) is 32.9 Å². The zero-order chi connectivity index (χ0) is 11.1. The number of hydrogen-bond donors (Lipinski definition) is 1. The second-order valence-corrected chi connectivity index (χ2v) is 5.24. The first kappa shape index (κ1) is 10.5. The molecule has 2 heteroatoms. The van der Waals surface area contributed by atoms with Crippen LogP contribution >= 0.6 is 0 Å². The Morgan fingerprint density at radius 2 is 2.07 bits per heavy atom. The molecular formula is C13H18O2. The van der Waals surface area contributed by atoms with Crippen molar-refractivity contribution in [3.8, 4) is 5.75 Å². The van der Waals surface area contributed by atoms with E-state index in [2.05, 4.69) is 32.9 Å². The zero-order valence-electron chi connectivity index (χ0n) is 9.58. The van der Waals surface area contributed by atoms with Crippen LogP contribution < -0.4 is 4.74 Å². The van der Waals surface area contributed by atoms with Crippen molar-refractivity contribution in [1.82, 2.24) is 0 Å². The summed E-state index contributed by atoms with van der Waals surface area (Å²) in [6.45, 7) is 6.99. The van der Waals surface area contributed by atoms with Crippen LogP contribution in [-0.2, 0) is 11.8 Å². The zero-order valence-corrected chi connectivity index (χ0v) is 9.58. The molecule has 0 amide bonds. The fraction of sp³-hybridized carbons (Fsp3) is 0.538. The summed E-state index contributed by atoms with van der Waals surface area (Å²) in [5.41, 5.74) is 2.57. The maximum atomic E-state index is 9.52. The normalized spacial score (nSPS) is 20.7. The smallest absolute Gasteiger partial charge is 0.122 e. The maximum absolute atomic E-state index is 9.52. The summed E-state index contributed by atoms with van der Waals surface area (Å²) in [5, 5.41) is 9.52. The molecule has 1 aliphatic rings. The Bertz CT molecular complexity index is 363. The maximum Gasteiger partial charge on any atom is 0.122 e. The van der Waals surface area contributed by atoms with Crippen molar-refractivity contribution in [1.29, 1.82) is 0 Å². The summed E-state index contributed by atoms with van der Waals surface area (Å²) in [6.07, 6.45) is 0.354. The Labute approximate surface area is 90.9 Å². The van der Waals surface area contributed by atoms with E-state index >= 15 is 0 Å². The average Bonchev–Trinajstić information content (AvgIpc) is 2.15. The summed E-state index contributed by atoms with van der Waals surface area (Å²) in [7, 11) is 0. The summed E-state index contributed by atoms with van der Waals surface area (Å²) in [6, 6.07) is 6.27. The minimum absolute atomic E-state index is 0.150. The van der Waals surface area contributed by atoms with Crippen LogP contribution in [0.15, 0.2) is 18.2 Å². The first-order valence-corrected chi connectivity index (χ1v) is 5.41. The third-order valence-corrected chi connectivity index (χ3v) is 2.81. The highest BCUT2D eigenvalue weighted by Gasteiger charge is 2.20. The molecule has 0 aliphatic carbocycles. The molecule has 1 aromatic rings. The van der Waals surface area contributed by atoms with Crippen LogP contribution in [0.1, 0.15) is 31.9 Å². The Hall–Kier alpha value is -1.02. The summed E-state index contributed by atoms with van der Waals surface area (Å²) < 4.78 is 5.45. The van der Waals surface area contributed by atoms with Crippen LogP contribution in [-0.4, -0.2) is 17.8 Å². The highest BCUT2D eigenvalue weighted by molar-refractivity contribution is 5.41. The van der Waals surface area contributed by atoms with E-state index in [0.717, 1.165) is 11.3 Å². The van der Waals surface area contributed by atoms with Gasteiger partial charge >= 0.3 is 0 Å². The van der Waals surface area contributed by atoms with E-state index < -0.39 is 0 Å². The second kappa shape index (κ2) is 3.53. The molecule has 15 heavy (non-hydrogen) atoms. The standard InChI is InChI=1S/C13H18O2/c1-13(2,3)10-4-5-12-9(6-10)7-11(14)8-15-12/h4-6,11,14H,7-8H2,1-3H3. The molecule has 0 bridgehead atoms. The molecule has 0 saturated carbocycles. The number of ether oxygens (including phenoxy) is 1. The van der Waals surface area contributed by atoms with Crippen LogP contribution in [0.4, 0.5) is 0 Å². The van der Waals surface area contributed by atoms with E-state index in [0.29, 0.717) is 13.0 Å². The molecule has 0 radical (unpaired) electrons. The molecule has 0 fully saturated rings. The van der Waals surface area contributed by atoms with E-state index in [4.69, 9.17) is 4.74 Å². The van der Waals surface area contributed by atoms with Gasteiger partial charge in [0.2, 0.25) is 0 Å². The van der Waals surface area contributed by atoms with Crippen molar-refractivity contribution in [2.24, 2.45) is 0 Å². The van der Waals surface area contributed by atoms with Crippen LogP contribution in [0.2, 0.25) is 0 Å². The van der Waals surface area contributed by atoms with E-state index in [9.17, 15) is 5.11 Å². The topological polar surface area (TPSA) is 29.5 Å². The fourth-order valence-corrected chi connectivity index (χ4v) is 1.85. The molecule has 2 nitrogen and oxygen atoms in total. The van der Waals surface area contributed by atoms with Crippen molar-refractivity contribution in [2.45, 2.75) is 38.7 Å². The highest BCUT2D eigenvalue weighted by Crippen LogP contribution is 2.30. The van der Waals surface area contributed by atoms with Crippen LogP contribution in [0, 0.1) is 0 Å². The molecule has 1 N–H and O–H groups in total. The van der Waals surface area contributed by atoms with Gasteiger partial charge in [0.15, 0.2) is 0 Å². The average molecular weight is 206 g/mol. The van der Waals surface area contributed by atoms with Crippen molar-refractivity contribution in [2.75, 3.05) is 6.61 Å². The van der Waals surface area contributed by atoms with Crippen molar-refractivity contribution >= 4 is 0 Å². The Kier molecular flexibility index (Phi) is 2.47. The Balaban J connectivity index is 2.37. The number of hydrogen-bond acceptors (Lipinski definition) is 2. The van der Waals surface area contributed by atoms with Gasteiger partial charge in [0.25, 0.3) is 0 Å². The molecule has 0 saturated heterocycles. The van der Waals surface area contributed by atoms with Crippen LogP contribution in [0.25, 0.3) is 0 Å². The number of aliphatic hydroxyl groups excluding tert-OH is 1. The van der Waals surface area contributed by atoms with Crippen LogP contribution in [0.3, 0.4) is 0 Å². The van der Waals surface area contributed by atoms with Crippen molar-refractivity contribution < 1.29 is 9.84 Å². The van der Waals surface area contributed by atoms with E-state index in [1.807, 2.05) is 6.07 Å². The third kappa shape index (κ3) is 2.15. The van der Waals surface area contributed by atoms with Gasteiger partial charge in [-0.25, -0.2) is 0 Å². The van der Waals surface area contributed by atoms with Gasteiger partial charge in [-0.15, -0.1) is 0 Å². The van der Waals surface area contributed by atoms with Gasteiger partial charge in [-0.2, -0.15) is 0 Å². The summed E-state index contributed by atoms with van der Waals surface area (Å²) in [4.78, 5) is 0. The molecule has 1 aliphatic heterocycles. The monoisotopic (exact) mass is 206 g/mol. The first-order valence-electron chi connectivity index (χ1n) is 5.41. The molecule has 1 heterocycles. The number of fused-ring (bicyclic) bond motifs is 1. The first-order chi connectivity index (χ1) is 6.97. The molecule has 1 aromatic carbocycles. The van der Waals surface area contributed by atoms with Gasteiger partial charge in [0.1, 0.15) is 12.4 Å².